The first-order valence-corrected chi connectivity index (χ1v) is 12.0. The SMILES string of the molecule is CC(=O)N1CCN(c2ccc3ncn(Cc4cn(Cc5ccc(Cl)c(Cl)c5)nn4)c(=O)c3c2)CC1. The Balaban J connectivity index is 1.34. The summed E-state index contributed by atoms with van der Waals surface area (Å²) in [5, 5.41) is 9.90. The normalized spacial score (nSPS) is 14.0. The molecule has 1 aliphatic heterocycles. The lowest BCUT2D eigenvalue weighted by Crippen LogP contribution is -2.48. The Morgan fingerprint density at radius 1 is 1.00 bits per heavy atom. The van der Waals surface area contributed by atoms with Crippen LogP contribution in [0.1, 0.15) is 18.2 Å². The van der Waals surface area contributed by atoms with Crippen LogP contribution in [-0.4, -0.2) is 61.5 Å². The number of piperazine rings is 1. The van der Waals surface area contributed by atoms with Crippen LogP contribution in [0, 0.1) is 0 Å². The van der Waals surface area contributed by atoms with E-state index in [1.807, 2.05) is 29.2 Å². The number of nitrogens with zero attached hydrogens (tertiary/aromatic N) is 7. The Hall–Kier alpha value is -3.43. The van der Waals surface area contributed by atoms with Gasteiger partial charge in [0.1, 0.15) is 5.69 Å². The van der Waals surface area contributed by atoms with Crippen LogP contribution in [0.25, 0.3) is 10.9 Å². The highest BCUT2D eigenvalue weighted by Crippen LogP contribution is 2.23. The van der Waals surface area contributed by atoms with Crippen molar-refractivity contribution >= 4 is 45.7 Å². The molecule has 0 atom stereocenters. The monoisotopic (exact) mass is 511 g/mol. The Morgan fingerprint density at radius 3 is 2.54 bits per heavy atom. The number of amides is 1. The second-order valence-corrected chi connectivity index (χ2v) is 9.34. The third-order valence-corrected chi connectivity index (χ3v) is 6.88. The number of carbonyl (C=O) groups is 1. The maximum atomic E-state index is 13.2. The molecule has 0 bridgehead atoms. The first-order chi connectivity index (χ1) is 16.9. The summed E-state index contributed by atoms with van der Waals surface area (Å²) in [5.41, 5.74) is 3.03. The van der Waals surface area contributed by atoms with Gasteiger partial charge in [-0.05, 0) is 35.9 Å². The van der Waals surface area contributed by atoms with Gasteiger partial charge in [0.05, 0.1) is 46.6 Å². The molecule has 1 saturated heterocycles. The van der Waals surface area contributed by atoms with Gasteiger partial charge in [0.15, 0.2) is 0 Å². The summed E-state index contributed by atoms with van der Waals surface area (Å²) < 4.78 is 3.22. The van der Waals surface area contributed by atoms with E-state index in [-0.39, 0.29) is 18.0 Å². The van der Waals surface area contributed by atoms with Gasteiger partial charge in [-0.25, -0.2) is 9.67 Å². The van der Waals surface area contributed by atoms with Gasteiger partial charge in [0, 0.05) is 38.8 Å². The van der Waals surface area contributed by atoms with Crippen molar-refractivity contribution in [2.45, 2.75) is 20.0 Å². The first kappa shape index (κ1) is 23.3. The van der Waals surface area contributed by atoms with Crippen molar-refractivity contribution in [1.82, 2.24) is 29.4 Å². The number of hydrogen-bond acceptors (Lipinski definition) is 6. The Bertz CT molecular complexity index is 1460. The number of carbonyl (C=O) groups excluding carboxylic acids is 1. The van der Waals surface area contributed by atoms with E-state index in [1.54, 1.807) is 29.9 Å². The molecule has 1 fully saturated rings. The van der Waals surface area contributed by atoms with Gasteiger partial charge < -0.3 is 9.80 Å². The van der Waals surface area contributed by atoms with Crippen molar-refractivity contribution in [3.05, 3.63) is 80.6 Å². The fourth-order valence-corrected chi connectivity index (χ4v) is 4.54. The van der Waals surface area contributed by atoms with Crippen LogP contribution in [-0.2, 0) is 17.9 Å². The summed E-state index contributed by atoms with van der Waals surface area (Å²) in [6.07, 6.45) is 3.33. The highest BCUT2D eigenvalue weighted by Gasteiger charge is 2.19. The molecule has 2 aromatic carbocycles. The number of aromatic nitrogens is 5. The molecule has 180 valence electrons. The van der Waals surface area contributed by atoms with Crippen LogP contribution in [0.5, 0.6) is 0 Å². The summed E-state index contributed by atoms with van der Waals surface area (Å²) in [6.45, 7) is 5.11. The van der Waals surface area contributed by atoms with E-state index in [0.717, 1.165) is 24.3 Å². The Labute approximate surface area is 211 Å². The maximum absolute atomic E-state index is 13.2. The van der Waals surface area contributed by atoms with E-state index in [2.05, 4.69) is 20.2 Å². The second-order valence-electron chi connectivity index (χ2n) is 8.53. The van der Waals surface area contributed by atoms with E-state index in [1.165, 1.54) is 10.9 Å². The van der Waals surface area contributed by atoms with Crippen LogP contribution in [0.2, 0.25) is 10.0 Å². The molecule has 0 aliphatic carbocycles. The van der Waals surface area contributed by atoms with Crippen LogP contribution in [0.15, 0.2) is 53.7 Å². The maximum Gasteiger partial charge on any atom is 0.261 e. The minimum atomic E-state index is -0.141. The topological polar surface area (TPSA) is 89.2 Å². The molecule has 0 unspecified atom stereocenters. The molecule has 0 N–H and O–H groups in total. The predicted octanol–water partition coefficient (Wildman–Crippen LogP) is 3.06. The van der Waals surface area contributed by atoms with Crippen LogP contribution >= 0.6 is 23.2 Å². The van der Waals surface area contributed by atoms with E-state index >= 15 is 0 Å². The van der Waals surface area contributed by atoms with Crippen molar-refractivity contribution in [3.8, 4) is 0 Å². The molecular formula is C24H23Cl2N7O2. The summed E-state index contributed by atoms with van der Waals surface area (Å²) in [7, 11) is 0. The van der Waals surface area contributed by atoms with E-state index in [4.69, 9.17) is 23.2 Å². The molecule has 3 heterocycles. The molecule has 5 rings (SSSR count). The van der Waals surface area contributed by atoms with Crippen molar-refractivity contribution in [3.63, 3.8) is 0 Å². The van der Waals surface area contributed by atoms with Gasteiger partial charge in [0.2, 0.25) is 5.91 Å². The average Bonchev–Trinajstić information content (AvgIpc) is 3.30. The van der Waals surface area contributed by atoms with Crippen molar-refractivity contribution in [2.75, 3.05) is 31.1 Å². The van der Waals surface area contributed by atoms with Gasteiger partial charge in [0.25, 0.3) is 5.56 Å². The van der Waals surface area contributed by atoms with E-state index in [0.29, 0.717) is 46.3 Å². The molecular weight excluding hydrogens is 489 g/mol. The quantitative estimate of drug-likeness (QED) is 0.409. The van der Waals surface area contributed by atoms with Crippen molar-refractivity contribution in [2.24, 2.45) is 0 Å². The molecule has 9 nitrogen and oxygen atoms in total. The van der Waals surface area contributed by atoms with Crippen molar-refractivity contribution in [1.29, 1.82) is 0 Å². The third-order valence-electron chi connectivity index (χ3n) is 6.14. The Kier molecular flexibility index (Phi) is 6.44. The highest BCUT2D eigenvalue weighted by atomic mass is 35.5. The third kappa shape index (κ3) is 5.01. The van der Waals surface area contributed by atoms with Crippen molar-refractivity contribution < 1.29 is 4.79 Å². The second kappa shape index (κ2) is 9.67. The smallest absolute Gasteiger partial charge is 0.261 e. The molecule has 35 heavy (non-hydrogen) atoms. The van der Waals surface area contributed by atoms with Crippen LogP contribution < -0.4 is 10.5 Å². The fraction of sp³-hybridized carbons (Fsp3) is 0.292. The molecule has 0 radical (unpaired) electrons. The molecule has 2 aromatic heterocycles. The Morgan fingerprint density at radius 2 is 1.80 bits per heavy atom. The van der Waals surface area contributed by atoms with Gasteiger partial charge in [-0.2, -0.15) is 0 Å². The summed E-state index contributed by atoms with van der Waals surface area (Å²) in [6, 6.07) is 11.1. The van der Waals surface area contributed by atoms with E-state index in [9.17, 15) is 9.59 Å². The standard InChI is InChI=1S/C24H23Cl2N7O2/c1-16(34)30-6-8-31(9-7-30)19-3-5-23-20(11-19)24(35)32(15-27-23)13-18-14-33(29-28-18)12-17-2-4-21(25)22(26)10-17/h2-5,10-11,14-15H,6-9,12-13H2,1H3. The zero-order valence-electron chi connectivity index (χ0n) is 19.1. The predicted molar refractivity (Wildman–Crippen MR) is 135 cm³/mol. The van der Waals surface area contributed by atoms with Gasteiger partial charge in [-0.15, -0.1) is 5.10 Å². The molecule has 4 aromatic rings. The number of benzene rings is 2. The average molecular weight is 512 g/mol. The molecule has 0 spiro atoms. The summed E-state index contributed by atoms with van der Waals surface area (Å²) in [5.74, 6) is 0.0872. The molecule has 0 saturated carbocycles. The van der Waals surface area contributed by atoms with Crippen LogP contribution in [0.3, 0.4) is 0 Å². The lowest BCUT2D eigenvalue weighted by Gasteiger charge is -2.35. The van der Waals surface area contributed by atoms with Crippen LogP contribution in [0.4, 0.5) is 5.69 Å². The van der Waals surface area contributed by atoms with E-state index < -0.39 is 0 Å². The first-order valence-electron chi connectivity index (χ1n) is 11.2. The molecule has 11 heteroatoms. The number of fused-ring (bicyclic) bond motifs is 1. The number of hydrogen-bond donors (Lipinski definition) is 0. The molecule has 1 aliphatic rings. The number of rotatable bonds is 5. The van der Waals surface area contributed by atoms with Gasteiger partial charge in [-0.3, -0.25) is 14.2 Å². The fourth-order valence-electron chi connectivity index (χ4n) is 4.22. The van der Waals surface area contributed by atoms with Gasteiger partial charge >= 0.3 is 0 Å². The summed E-state index contributed by atoms with van der Waals surface area (Å²) >= 11 is 12.1. The van der Waals surface area contributed by atoms with Gasteiger partial charge in [-0.1, -0.05) is 34.5 Å². The lowest BCUT2D eigenvalue weighted by atomic mass is 10.2. The minimum absolute atomic E-state index is 0.0872. The minimum Gasteiger partial charge on any atom is -0.368 e. The number of anilines is 1. The molecule has 1 amide bonds. The number of halogens is 2. The largest absolute Gasteiger partial charge is 0.368 e. The highest BCUT2D eigenvalue weighted by molar-refractivity contribution is 6.42. The zero-order valence-corrected chi connectivity index (χ0v) is 20.6. The zero-order chi connectivity index (χ0) is 24.5. The lowest BCUT2D eigenvalue weighted by molar-refractivity contribution is -0.129. The summed E-state index contributed by atoms with van der Waals surface area (Å²) in [4.78, 5) is 33.3.